The van der Waals surface area contributed by atoms with Gasteiger partial charge in [-0.05, 0) is 36.6 Å². The average Bonchev–Trinajstić information content (AvgIpc) is 2.35. The molecule has 0 radical (unpaired) electrons. The summed E-state index contributed by atoms with van der Waals surface area (Å²) in [5.41, 5.74) is 8.07. The highest BCUT2D eigenvalue weighted by molar-refractivity contribution is 8.00. The topological polar surface area (TPSA) is 46.3 Å². The van der Waals surface area contributed by atoms with Gasteiger partial charge in [0.25, 0.3) is 0 Å². The Morgan fingerprint density at radius 3 is 2.94 bits per heavy atom. The number of nitrogens with zero attached hydrogens (tertiary/aromatic N) is 1. The van der Waals surface area contributed by atoms with Crippen molar-refractivity contribution in [2.75, 3.05) is 24.2 Å². The predicted molar refractivity (Wildman–Crippen MR) is 72.7 cm³/mol. The zero-order chi connectivity index (χ0) is 12.4. The van der Waals surface area contributed by atoms with Crippen LogP contribution in [-0.2, 0) is 4.79 Å². The Bertz CT molecular complexity index is 429. The molecule has 2 rings (SSSR count). The summed E-state index contributed by atoms with van der Waals surface area (Å²) in [6.45, 7) is 2.83. The van der Waals surface area contributed by atoms with E-state index < -0.39 is 0 Å². The molecule has 2 N–H and O–H groups in total. The Hall–Kier alpha value is -1.00. The molecule has 0 fully saturated rings. The molecule has 1 amide bonds. The minimum absolute atomic E-state index is 0.168. The normalized spacial score (nSPS) is 16.9. The van der Waals surface area contributed by atoms with Crippen molar-refractivity contribution in [3.63, 3.8) is 0 Å². The van der Waals surface area contributed by atoms with Gasteiger partial charge in [-0.1, -0.05) is 13.0 Å². The van der Waals surface area contributed by atoms with Gasteiger partial charge >= 0.3 is 0 Å². The van der Waals surface area contributed by atoms with Crippen molar-refractivity contribution in [3.05, 3.63) is 23.8 Å². The Balaban J connectivity index is 2.35. The second-order valence-electron chi connectivity index (χ2n) is 4.31. The number of carbonyl (C=O) groups is 1. The van der Waals surface area contributed by atoms with Crippen LogP contribution in [0.3, 0.4) is 0 Å². The lowest BCUT2D eigenvalue weighted by atomic mass is 9.96. The van der Waals surface area contributed by atoms with Crippen LogP contribution >= 0.6 is 11.8 Å². The van der Waals surface area contributed by atoms with Gasteiger partial charge in [0.15, 0.2) is 0 Å². The molecule has 4 heteroatoms. The Labute approximate surface area is 106 Å². The van der Waals surface area contributed by atoms with Crippen LogP contribution in [0.2, 0.25) is 0 Å². The second-order valence-corrected chi connectivity index (χ2v) is 5.33. The molecule has 3 nitrogen and oxygen atoms in total. The molecule has 1 heterocycles. The zero-order valence-corrected chi connectivity index (χ0v) is 11.1. The van der Waals surface area contributed by atoms with E-state index in [2.05, 4.69) is 19.1 Å². The van der Waals surface area contributed by atoms with E-state index >= 15 is 0 Å². The summed E-state index contributed by atoms with van der Waals surface area (Å²) in [5, 5.41) is 0. The van der Waals surface area contributed by atoms with E-state index in [0.717, 1.165) is 12.1 Å². The average molecular weight is 250 g/mol. The maximum atomic E-state index is 11.6. The van der Waals surface area contributed by atoms with Crippen molar-refractivity contribution in [1.29, 1.82) is 0 Å². The number of fused-ring (bicyclic) bond motifs is 1. The first-order valence-corrected chi connectivity index (χ1v) is 6.89. The second kappa shape index (κ2) is 5.10. The Kier molecular flexibility index (Phi) is 3.74. The van der Waals surface area contributed by atoms with Crippen molar-refractivity contribution >= 4 is 23.4 Å². The third kappa shape index (κ3) is 2.33. The molecule has 1 atom stereocenters. The molecule has 1 aromatic carbocycles. The summed E-state index contributed by atoms with van der Waals surface area (Å²) in [7, 11) is 1.83. The van der Waals surface area contributed by atoms with Gasteiger partial charge in [-0.3, -0.25) is 4.79 Å². The van der Waals surface area contributed by atoms with Crippen LogP contribution in [0.15, 0.2) is 23.1 Å². The molecule has 0 aliphatic carbocycles. The predicted octanol–water partition coefficient (Wildman–Crippen LogP) is 2.21. The number of carbonyl (C=O) groups excluding carboxylic acids is 1. The summed E-state index contributed by atoms with van der Waals surface area (Å²) >= 11 is 1.62. The summed E-state index contributed by atoms with van der Waals surface area (Å²) in [5.74, 6) is 1.12. The molecule has 92 valence electrons. The number of rotatable bonds is 3. The van der Waals surface area contributed by atoms with E-state index in [1.807, 2.05) is 13.1 Å². The number of amides is 1. The third-order valence-electron chi connectivity index (χ3n) is 3.32. The number of hydrogen-bond acceptors (Lipinski definition) is 3. The summed E-state index contributed by atoms with van der Waals surface area (Å²) in [6, 6.07) is 6.31. The van der Waals surface area contributed by atoms with Crippen molar-refractivity contribution in [3.8, 4) is 0 Å². The fourth-order valence-electron chi connectivity index (χ4n) is 2.09. The molecule has 1 aromatic rings. The van der Waals surface area contributed by atoms with Gasteiger partial charge in [0.2, 0.25) is 5.91 Å². The quantitative estimate of drug-likeness (QED) is 0.894. The SMILES string of the molecule is CCC(CN)c1ccc2c(c1)SCC(=O)N2C. The van der Waals surface area contributed by atoms with Gasteiger partial charge in [0.1, 0.15) is 0 Å². The van der Waals surface area contributed by atoms with Crippen LogP contribution in [0.1, 0.15) is 24.8 Å². The van der Waals surface area contributed by atoms with Gasteiger partial charge < -0.3 is 10.6 Å². The largest absolute Gasteiger partial charge is 0.330 e. The van der Waals surface area contributed by atoms with E-state index in [0.29, 0.717) is 18.2 Å². The fourth-order valence-corrected chi connectivity index (χ4v) is 3.13. The molecule has 0 bridgehead atoms. The molecule has 0 spiro atoms. The molecule has 1 unspecified atom stereocenters. The van der Waals surface area contributed by atoms with Crippen molar-refractivity contribution in [2.45, 2.75) is 24.2 Å². The molecule has 1 aliphatic heterocycles. The van der Waals surface area contributed by atoms with Gasteiger partial charge in [-0.25, -0.2) is 0 Å². The lowest BCUT2D eigenvalue weighted by Crippen LogP contribution is -2.31. The number of benzene rings is 1. The summed E-state index contributed by atoms with van der Waals surface area (Å²) in [4.78, 5) is 14.5. The molecular weight excluding hydrogens is 232 g/mol. The molecule has 0 saturated heterocycles. The van der Waals surface area contributed by atoms with Gasteiger partial charge in [-0.15, -0.1) is 11.8 Å². The van der Waals surface area contributed by atoms with Gasteiger partial charge in [0, 0.05) is 11.9 Å². The van der Waals surface area contributed by atoms with E-state index in [-0.39, 0.29) is 5.91 Å². The number of hydrogen-bond donors (Lipinski definition) is 1. The maximum absolute atomic E-state index is 11.6. The smallest absolute Gasteiger partial charge is 0.237 e. The minimum Gasteiger partial charge on any atom is -0.330 e. The summed E-state index contributed by atoms with van der Waals surface area (Å²) in [6.07, 6.45) is 1.05. The molecule has 0 aromatic heterocycles. The van der Waals surface area contributed by atoms with Crippen LogP contribution in [0, 0.1) is 0 Å². The zero-order valence-electron chi connectivity index (χ0n) is 10.3. The van der Waals surface area contributed by atoms with Crippen molar-refractivity contribution in [1.82, 2.24) is 0 Å². The molecule has 1 aliphatic rings. The Morgan fingerprint density at radius 1 is 1.53 bits per heavy atom. The number of thioether (sulfide) groups is 1. The lowest BCUT2D eigenvalue weighted by Gasteiger charge is -2.26. The highest BCUT2D eigenvalue weighted by Gasteiger charge is 2.22. The van der Waals surface area contributed by atoms with Crippen molar-refractivity contribution < 1.29 is 4.79 Å². The first kappa shape index (κ1) is 12.5. The van der Waals surface area contributed by atoms with Gasteiger partial charge in [-0.2, -0.15) is 0 Å². The highest BCUT2D eigenvalue weighted by Crippen LogP contribution is 2.36. The van der Waals surface area contributed by atoms with Crippen LogP contribution in [0.25, 0.3) is 0 Å². The molecule has 17 heavy (non-hydrogen) atoms. The third-order valence-corrected chi connectivity index (χ3v) is 4.35. The lowest BCUT2D eigenvalue weighted by molar-refractivity contribution is -0.116. The fraction of sp³-hybridized carbons (Fsp3) is 0.462. The van der Waals surface area contributed by atoms with Crippen LogP contribution in [-0.4, -0.2) is 25.3 Å². The van der Waals surface area contributed by atoms with E-state index in [9.17, 15) is 4.79 Å². The Morgan fingerprint density at radius 2 is 2.29 bits per heavy atom. The summed E-state index contributed by atoms with van der Waals surface area (Å²) < 4.78 is 0. The number of anilines is 1. The van der Waals surface area contributed by atoms with Crippen LogP contribution in [0.5, 0.6) is 0 Å². The standard InChI is InChI=1S/C13H18N2OS/c1-3-9(7-14)10-4-5-11-12(6-10)17-8-13(16)15(11)2/h4-6,9H,3,7-8,14H2,1-2H3. The maximum Gasteiger partial charge on any atom is 0.237 e. The number of nitrogens with two attached hydrogens (primary N) is 1. The van der Waals surface area contributed by atoms with E-state index in [1.54, 1.807) is 16.7 Å². The van der Waals surface area contributed by atoms with Crippen LogP contribution in [0.4, 0.5) is 5.69 Å². The monoisotopic (exact) mass is 250 g/mol. The first-order valence-electron chi connectivity index (χ1n) is 5.90. The van der Waals surface area contributed by atoms with E-state index in [4.69, 9.17) is 5.73 Å². The van der Waals surface area contributed by atoms with Crippen molar-refractivity contribution in [2.24, 2.45) is 5.73 Å². The molecular formula is C13H18N2OS. The van der Waals surface area contributed by atoms with E-state index in [1.165, 1.54) is 10.5 Å². The van der Waals surface area contributed by atoms with Crippen LogP contribution < -0.4 is 10.6 Å². The van der Waals surface area contributed by atoms with Gasteiger partial charge in [0.05, 0.1) is 11.4 Å². The minimum atomic E-state index is 0.168. The highest BCUT2D eigenvalue weighted by atomic mass is 32.2. The first-order chi connectivity index (χ1) is 8.17. The molecule has 0 saturated carbocycles.